The summed E-state index contributed by atoms with van der Waals surface area (Å²) in [7, 11) is 1.81. The van der Waals surface area contributed by atoms with Crippen LogP contribution in [-0.4, -0.2) is 36.1 Å². The highest BCUT2D eigenvalue weighted by Gasteiger charge is 2.24. The molecule has 1 aliphatic heterocycles. The van der Waals surface area contributed by atoms with Crippen LogP contribution in [0.4, 0.5) is 5.69 Å². The van der Waals surface area contributed by atoms with Crippen molar-refractivity contribution < 1.29 is 9.59 Å². The molecule has 4 nitrogen and oxygen atoms in total. The van der Waals surface area contributed by atoms with Crippen molar-refractivity contribution >= 4 is 29.3 Å². The number of hydrogen-bond donors (Lipinski definition) is 0. The van der Waals surface area contributed by atoms with Crippen LogP contribution in [0.1, 0.15) is 21.5 Å². The number of hydrogen-bond acceptors (Lipinski definition) is 3. The van der Waals surface area contributed by atoms with Gasteiger partial charge in [0.2, 0.25) is 5.91 Å². The second kappa shape index (κ2) is 9.18. The minimum atomic E-state index is -0.0408. The third kappa shape index (κ3) is 4.41. The van der Waals surface area contributed by atoms with E-state index in [4.69, 9.17) is 0 Å². The molecule has 1 aliphatic rings. The van der Waals surface area contributed by atoms with Gasteiger partial charge in [0.1, 0.15) is 0 Å². The van der Waals surface area contributed by atoms with Gasteiger partial charge in [0.15, 0.2) is 0 Å². The molecule has 0 unspecified atom stereocenters. The van der Waals surface area contributed by atoms with Crippen molar-refractivity contribution in [2.75, 3.05) is 24.2 Å². The van der Waals surface area contributed by atoms with E-state index in [2.05, 4.69) is 6.07 Å². The number of nitrogens with zero attached hydrogens (tertiary/aromatic N) is 2. The topological polar surface area (TPSA) is 40.6 Å². The SMILES string of the molecule is CN(Cc1ccccc1)C(=O)c1ccccc1SCC(=O)N1CCc2ccccc21. The molecule has 0 atom stereocenters. The lowest BCUT2D eigenvalue weighted by Crippen LogP contribution is -2.30. The van der Waals surface area contributed by atoms with Crippen LogP contribution in [0.3, 0.4) is 0 Å². The van der Waals surface area contributed by atoms with Crippen molar-refractivity contribution in [1.29, 1.82) is 0 Å². The quantitative estimate of drug-likeness (QED) is 0.550. The summed E-state index contributed by atoms with van der Waals surface area (Å²) in [6.07, 6.45) is 0.895. The summed E-state index contributed by atoms with van der Waals surface area (Å²) >= 11 is 1.43. The predicted molar refractivity (Wildman–Crippen MR) is 122 cm³/mol. The maximum atomic E-state index is 13.1. The molecule has 2 amide bonds. The zero-order valence-electron chi connectivity index (χ0n) is 17.0. The molecule has 3 aromatic rings. The Bertz CT molecular complexity index is 1050. The third-order valence-electron chi connectivity index (χ3n) is 5.27. The highest BCUT2D eigenvalue weighted by molar-refractivity contribution is 8.00. The smallest absolute Gasteiger partial charge is 0.255 e. The van der Waals surface area contributed by atoms with E-state index in [9.17, 15) is 9.59 Å². The van der Waals surface area contributed by atoms with Crippen LogP contribution in [0.2, 0.25) is 0 Å². The fourth-order valence-electron chi connectivity index (χ4n) is 3.72. The number of amides is 2. The number of rotatable bonds is 6. The highest BCUT2D eigenvalue weighted by Crippen LogP contribution is 2.30. The van der Waals surface area contributed by atoms with E-state index < -0.39 is 0 Å². The Morgan fingerprint density at radius 3 is 2.47 bits per heavy atom. The molecule has 30 heavy (non-hydrogen) atoms. The zero-order chi connectivity index (χ0) is 20.9. The first kappa shape index (κ1) is 20.2. The number of thioether (sulfide) groups is 1. The number of para-hydroxylation sites is 1. The number of fused-ring (bicyclic) bond motifs is 1. The molecule has 3 aromatic carbocycles. The van der Waals surface area contributed by atoms with Gasteiger partial charge >= 0.3 is 0 Å². The van der Waals surface area contributed by atoms with Gasteiger partial charge in [-0.3, -0.25) is 9.59 Å². The minimum absolute atomic E-state index is 0.0408. The van der Waals surface area contributed by atoms with Crippen molar-refractivity contribution in [3.8, 4) is 0 Å². The van der Waals surface area contributed by atoms with Gasteiger partial charge in [0.25, 0.3) is 5.91 Å². The molecule has 0 radical (unpaired) electrons. The van der Waals surface area contributed by atoms with E-state index in [0.29, 0.717) is 17.9 Å². The second-order valence-corrected chi connectivity index (χ2v) is 8.37. The van der Waals surface area contributed by atoms with Gasteiger partial charge < -0.3 is 9.80 Å². The van der Waals surface area contributed by atoms with Crippen LogP contribution in [0.5, 0.6) is 0 Å². The molecule has 0 spiro atoms. The van der Waals surface area contributed by atoms with Crippen molar-refractivity contribution in [2.45, 2.75) is 17.9 Å². The van der Waals surface area contributed by atoms with Crippen LogP contribution in [0.15, 0.2) is 83.8 Å². The van der Waals surface area contributed by atoms with Crippen molar-refractivity contribution in [3.63, 3.8) is 0 Å². The molecule has 0 fully saturated rings. The molecule has 5 heteroatoms. The Morgan fingerprint density at radius 1 is 0.933 bits per heavy atom. The van der Waals surface area contributed by atoms with Gasteiger partial charge in [-0.05, 0) is 35.7 Å². The molecule has 0 saturated heterocycles. The van der Waals surface area contributed by atoms with Crippen LogP contribution in [0.25, 0.3) is 0 Å². The molecule has 0 saturated carbocycles. The van der Waals surface area contributed by atoms with E-state index in [1.165, 1.54) is 17.3 Å². The molecule has 0 aliphatic carbocycles. The summed E-state index contributed by atoms with van der Waals surface area (Å²) in [5.41, 5.74) is 3.95. The van der Waals surface area contributed by atoms with E-state index in [1.807, 2.05) is 84.7 Å². The van der Waals surface area contributed by atoms with E-state index in [-0.39, 0.29) is 11.8 Å². The summed E-state index contributed by atoms with van der Waals surface area (Å²) in [4.78, 5) is 30.3. The Morgan fingerprint density at radius 2 is 1.63 bits per heavy atom. The lowest BCUT2D eigenvalue weighted by molar-refractivity contribution is -0.116. The van der Waals surface area contributed by atoms with Gasteiger partial charge in [-0.25, -0.2) is 0 Å². The van der Waals surface area contributed by atoms with E-state index in [0.717, 1.165) is 29.1 Å². The van der Waals surface area contributed by atoms with E-state index >= 15 is 0 Å². The second-order valence-electron chi connectivity index (χ2n) is 7.36. The molecule has 0 bridgehead atoms. The molecule has 0 N–H and O–H groups in total. The summed E-state index contributed by atoms with van der Waals surface area (Å²) in [6, 6.07) is 25.5. The van der Waals surface area contributed by atoms with Gasteiger partial charge in [-0.2, -0.15) is 0 Å². The Labute approximate surface area is 181 Å². The average molecular weight is 417 g/mol. The maximum Gasteiger partial charge on any atom is 0.255 e. The average Bonchev–Trinajstić information content (AvgIpc) is 3.22. The molecule has 1 heterocycles. The standard InChI is InChI=1S/C25H24N2O2S/c1-26(17-19-9-3-2-4-10-19)25(29)21-12-6-8-14-23(21)30-18-24(28)27-16-15-20-11-5-7-13-22(20)27/h2-14H,15-18H2,1H3. The van der Waals surface area contributed by atoms with Crippen molar-refractivity contribution in [3.05, 3.63) is 95.6 Å². The van der Waals surface area contributed by atoms with Crippen LogP contribution >= 0.6 is 11.8 Å². The number of benzene rings is 3. The number of carbonyl (C=O) groups excluding carboxylic acids is 2. The van der Waals surface area contributed by atoms with Gasteiger partial charge in [0, 0.05) is 30.7 Å². The zero-order valence-corrected chi connectivity index (χ0v) is 17.8. The number of anilines is 1. The normalized spacial score (nSPS) is 12.5. The largest absolute Gasteiger partial charge is 0.337 e. The molecule has 0 aromatic heterocycles. The fourth-order valence-corrected chi connectivity index (χ4v) is 4.64. The van der Waals surface area contributed by atoms with Crippen LogP contribution in [0, 0.1) is 0 Å². The van der Waals surface area contributed by atoms with Crippen LogP contribution in [-0.2, 0) is 17.8 Å². The highest BCUT2D eigenvalue weighted by atomic mass is 32.2. The fraction of sp³-hybridized carbons (Fsp3) is 0.200. The Balaban J connectivity index is 1.43. The Hall–Kier alpha value is -3.05. The van der Waals surface area contributed by atoms with Gasteiger partial charge in [-0.1, -0.05) is 60.7 Å². The molecule has 152 valence electrons. The molecular weight excluding hydrogens is 392 g/mol. The van der Waals surface area contributed by atoms with Gasteiger partial charge in [-0.15, -0.1) is 11.8 Å². The van der Waals surface area contributed by atoms with Crippen LogP contribution < -0.4 is 4.90 Å². The van der Waals surface area contributed by atoms with E-state index in [1.54, 1.807) is 4.90 Å². The number of carbonyl (C=O) groups is 2. The van der Waals surface area contributed by atoms with Gasteiger partial charge in [0.05, 0.1) is 11.3 Å². The first-order chi connectivity index (χ1) is 14.6. The first-order valence-corrected chi connectivity index (χ1v) is 11.0. The monoisotopic (exact) mass is 416 g/mol. The van der Waals surface area contributed by atoms with Crippen molar-refractivity contribution in [1.82, 2.24) is 4.90 Å². The summed E-state index contributed by atoms with van der Waals surface area (Å²) < 4.78 is 0. The predicted octanol–water partition coefficient (Wildman–Crippen LogP) is 4.64. The summed E-state index contributed by atoms with van der Waals surface area (Å²) in [5, 5.41) is 0. The molecule has 4 rings (SSSR count). The summed E-state index contributed by atoms with van der Waals surface area (Å²) in [6.45, 7) is 1.27. The Kier molecular flexibility index (Phi) is 6.19. The molecular formula is C25H24N2O2S. The lowest BCUT2D eigenvalue weighted by Gasteiger charge is -2.20. The summed E-state index contributed by atoms with van der Waals surface area (Å²) in [5.74, 6) is 0.340. The first-order valence-electron chi connectivity index (χ1n) is 10.0. The minimum Gasteiger partial charge on any atom is -0.337 e. The maximum absolute atomic E-state index is 13.1. The van der Waals surface area contributed by atoms with Crippen molar-refractivity contribution in [2.24, 2.45) is 0 Å². The lowest BCUT2D eigenvalue weighted by atomic mass is 10.1. The third-order valence-corrected chi connectivity index (χ3v) is 6.32.